The Morgan fingerprint density at radius 1 is 1.27 bits per heavy atom. The molecule has 0 aliphatic rings. The molecule has 1 amide bonds. The number of hydrogen-bond donors (Lipinski definition) is 2. The molecule has 0 spiro atoms. The van der Waals surface area contributed by atoms with E-state index in [1.54, 1.807) is 36.0 Å². The highest BCUT2D eigenvalue weighted by Crippen LogP contribution is 2.12. The number of nitrogens with zero attached hydrogens (tertiary/aromatic N) is 1. The molecule has 22 heavy (non-hydrogen) atoms. The fourth-order valence-corrected chi connectivity index (χ4v) is 2.77. The molecule has 0 aliphatic heterocycles. The number of benzene rings is 1. The van der Waals surface area contributed by atoms with E-state index in [9.17, 15) is 13.2 Å². The molecule has 0 bridgehead atoms. The molecule has 2 aromatic rings. The number of aryl methyl sites for hydroxylation is 1. The zero-order chi connectivity index (χ0) is 16.0. The van der Waals surface area contributed by atoms with Gasteiger partial charge in [-0.3, -0.25) is 9.78 Å². The van der Waals surface area contributed by atoms with E-state index in [-0.39, 0.29) is 12.5 Å². The molecule has 1 aromatic heterocycles. The zero-order valence-electron chi connectivity index (χ0n) is 12.1. The number of thiazole rings is 1. The van der Waals surface area contributed by atoms with Gasteiger partial charge >= 0.3 is 0 Å². The monoisotopic (exact) mass is 339 g/mol. The second-order valence-electron chi connectivity index (χ2n) is 4.81. The number of hydrogen-bond acceptors (Lipinski definition) is 5. The van der Waals surface area contributed by atoms with E-state index in [1.807, 2.05) is 0 Å². The van der Waals surface area contributed by atoms with Gasteiger partial charge < -0.3 is 5.32 Å². The summed E-state index contributed by atoms with van der Waals surface area (Å²) in [4.78, 5) is 16.9. The van der Waals surface area contributed by atoms with Gasteiger partial charge in [0.15, 0.2) is 0 Å². The number of amides is 1. The Balaban J connectivity index is 1.81. The van der Waals surface area contributed by atoms with Gasteiger partial charge in [0.25, 0.3) is 0 Å². The second-order valence-corrected chi connectivity index (χ2v) is 7.61. The van der Waals surface area contributed by atoms with Crippen LogP contribution in [0.4, 0.5) is 5.69 Å². The number of anilines is 1. The number of carbonyl (C=O) groups excluding carboxylic acids is 1. The second kappa shape index (κ2) is 7.48. The van der Waals surface area contributed by atoms with E-state index in [2.05, 4.69) is 15.0 Å². The van der Waals surface area contributed by atoms with Crippen molar-refractivity contribution in [2.24, 2.45) is 0 Å². The summed E-state index contributed by atoms with van der Waals surface area (Å²) in [6.07, 6.45) is 3.96. The van der Waals surface area contributed by atoms with Gasteiger partial charge in [-0.1, -0.05) is 12.1 Å². The Morgan fingerprint density at radius 3 is 2.59 bits per heavy atom. The van der Waals surface area contributed by atoms with Crippen molar-refractivity contribution in [2.45, 2.75) is 19.4 Å². The van der Waals surface area contributed by atoms with E-state index in [0.29, 0.717) is 18.5 Å². The molecule has 0 atom stereocenters. The highest BCUT2D eigenvalue weighted by atomic mass is 32.2. The van der Waals surface area contributed by atoms with Crippen molar-refractivity contribution in [3.8, 4) is 0 Å². The summed E-state index contributed by atoms with van der Waals surface area (Å²) in [6, 6.07) is 7.06. The third-order valence-corrected chi connectivity index (χ3v) is 4.37. The summed E-state index contributed by atoms with van der Waals surface area (Å²) >= 11 is 1.53. The molecule has 0 aliphatic carbocycles. The molecule has 0 saturated heterocycles. The first kappa shape index (κ1) is 16.6. The minimum Gasteiger partial charge on any atom is -0.326 e. The standard InChI is InChI=1S/C14H17N3O3S2/c1-22(19,20)16-8-11-2-4-12(5-3-11)17-14(18)7-6-13-9-15-10-21-13/h2-5,9-10,16H,6-8H2,1H3,(H,17,18). The maximum atomic E-state index is 11.8. The fourth-order valence-electron chi connectivity index (χ4n) is 1.75. The van der Waals surface area contributed by atoms with Crippen LogP contribution in [0.25, 0.3) is 0 Å². The predicted octanol–water partition coefficient (Wildman–Crippen LogP) is 1.76. The molecular weight excluding hydrogens is 322 g/mol. The van der Waals surface area contributed by atoms with E-state index in [1.165, 1.54) is 11.3 Å². The molecule has 6 nitrogen and oxygen atoms in total. The lowest BCUT2D eigenvalue weighted by atomic mass is 10.2. The molecule has 0 radical (unpaired) electrons. The van der Waals surface area contributed by atoms with Crippen LogP contribution in [0.15, 0.2) is 36.0 Å². The van der Waals surface area contributed by atoms with Crippen LogP contribution < -0.4 is 10.0 Å². The van der Waals surface area contributed by atoms with Crippen LogP contribution >= 0.6 is 11.3 Å². The topological polar surface area (TPSA) is 88.2 Å². The molecule has 0 saturated carbocycles. The zero-order valence-corrected chi connectivity index (χ0v) is 13.7. The smallest absolute Gasteiger partial charge is 0.224 e. The van der Waals surface area contributed by atoms with Crippen molar-refractivity contribution < 1.29 is 13.2 Å². The summed E-state index contributed by atoms with van der Waals surface area (Å²) in [5, 5.41) is 2.81. The SMILES string of the molecule is CS(=O)(=O)NCc1ccc(NC(=O)CCc2cncs2)cc1. The van der Waals surface area contributed by atoms with Gasteiger partial charge in [0.1, 0.15) is 0 Å². The average Bonchev–Trinajstić information content (AvgIpc) is 2.97. The van der Waals surface area contributed by atoms with Gasteiger partial charge in [-0.2, -0.15) is 0 Å². The van der Waals surface area contributed by atoms with Gasteiger partial charge in [-0.05, 0) is 24.1 Å². The lowest BCUT2D eigenvalue weighted by Gasteiger charge is -2.07. The van der Waals surface area contributed by atoms with Gasteiger partial charge in [0.05, 0.1) is 11.8 Å². The van der Waals surface area contributed by atoms with Crippen molar-refractivity contribution in [1.29, 1.82) is 0 Å². The van der Waals surface area contributed by atoms with Crippen LogP contribution in [-0.4, -0.2) is 25.6 Å². The molecule has 2 N–H and O–H groups in total. The van der Waals surface area contributed by atoms with Crippen LogP contribution in [0.5, 0.6) is 0 Å². The Morgan fingerprint density at radius 2 is 2.00 bits per heavy atom. The normalized spacial score (nSPS) is 11.3. The lowest BCUT2D eigenvalue weighted by Crippen LogP contribution is -2.21. The minimum absolute atomic E-state index is 0.0598. The van der Waals surface area contributed by atoms with Crippen LogP contribution in [0.1, 0.15) is 16.9 Å². The quantitative estimate of drug-likeness (QED) is 0.804. The van der Waals surface area contributed by atoms with Crippen molar-refractivity contribution in [3.05, 3.63) is 46.4 Å². The van der Waals surface area contributed by atoms with E-state index >= 15 is 0 Å². The minimum atomic E-state index is -3.20. The molecule has 1 aromatic carbocycles. The van der Waals surface area contributed by atoms with Gasteiger partial charge in [0, 0.05) is 29.7 Å². The Bertz CT molecular complexity index is 710. The first-order chi connectivity index (χ1) is 10.4. The molecular formula is C14H17N3O3S2. The van der Waals surface area contributed by atoms with Gasteiger partial charge in [0.2, 0.25) is 15.9 Å². The van der Waals surface area contributed by atoms with E-state index < -0.39 is 10.0 Å². The molecule has 1 heterocycles. The van der Waals surface area contributed by atoms with E-state index in [4.69, 9.17) is 0 Å². The number of sulfonamides is 1. The Labute approximate surface area is 133 Å². The average molecular weight is 339 g/mol. The summed E-state index contributed by atoms with van der Waals surface area (Å²) in [7, 11) is -3.20. The maximum absolute atomic E-state index is 11.8. The first-order valence-corrected chi connectivity index (χ1v) is 9.40. The van der Waals surface area contributed by atoms with Gasteiger partial charge in [-0.15, -0.1) is 11.3 Å². The lowest BCUT2D eigenvalue weighted by molar-refractivity contribution is -0.116. The molecule has 8 heteroatoms. The fraction of sp³-hybridized carbons (Fsp3) is 0.286. The van der Waals surface area contributed by atoms with Crippen LogP contribution in [0.2, 0.25) is 0 Å². The van der Waals surface area contributed by atoms with Crippen molar-refractivity contribution >= 4 is 33.0 Å². The van der Waals surface area contributed by atoms with E-state index in [0.717, 1.165) is 16.7 Å². The third kappa shape index (κ3) is 5.92. The maximum Gasteiger partial charge on any atom is 0.224 e. The van der Waals surface area contributed by atoms with Crippen LogP contribution in [0.3, 0.4) is 0 Å². The predicted molar refractivity (Wildman–Crippen MR) is 87.2 cm³/mol. The Hall–Kier alpha value is -1.77. The molecule has 2 rings (SSSR count). The Kier molecular flexibility index (Phi) is 5.64. The summed E-state index contributed by atoms with van der Waals surface area (Å²) in [5.74, 6) is -0.0598. The number of carbonyl (C=O) groups is 1. The first-order valence-electron chi connectivity index (χ1n) is 6.63. The number of rotatable bonds is 7. The van der Waals surface area contributed by atoms with Crippen LogP contribution in [-0.2, 0) is 27.8 Å². The molecule has 0 fully saturated rings. The molecule has 0 unspecified atom stereocenters. The largest absolute Gasteiger partial charge is 0.326 e. The summed E-state index contributed by atoms with van der Waals surface area (Å²) < 4.78 is 24.4. The number of aromatic nitrogens is 1. The number of nitrogens with one attached hydrogen (secondary N) is 2. The summed E-state index contributed by atoms with van der Waals surface area (Å²) in [5.41, 5.74) is 3.27. The highest BCUT2D eigenvalue weighted by molar-refractivity contribution is 7.88. The van der Waals surface area contributed by atoms with Gasteiger partial charge in [-0.25, -0.2) is 13.1 Å². The molecule has 118 valence electrons. The van der Waals surface area contributed by atoms with Crippen molar-refractivity contribution in [3.63, 3.8) is 0 Å². The highest BCUT2D eigenvalue weighted by Gasteiger charge is 2.05. The van der Waals surface area contributed by atoms with Crippen molar-refractivity contribution in [1.82, 2.24) is 9.71 Å². The summed E-state index contributed by atoms with van der Waals surface area (Å²) in [6.45, 7) is 0.235. The third-order valence-electron chi connectivity index (χ3n) is 2.86. The van der Waals surface area contributed by atoms with Crippen molar-refractivity contribution in [2.75, 3.05) is 11.6 Å². The van der Waals surface area contributed by atoms with Crippen LogP contribution in [0, 0.1) is 0 Å².